The van der Waals surface area contributed by atoms with E-state index in [0.29, 0.717) is 10.7 Å². The van der Waals surface area contributed by atoms with E-state index in [9.17, 15) is 17.6 Å². The van der Waals surface area contributed by atoms with Crippen molar-refractivity contribution in [1.29, 1.82) is 0 Å². The van der Waals surface area contributed by atoms with Gasteiger partial charge in [-0.05, 0) is 42.5 Å². The van der Waals surface area contributed by atoms with Crippen LogP contribution in [0.4, 0.5) is 10.1 Å². The highest BCUT2D eigenvalue weighted by Crippen LogP contribution is 2.22. The highest BCUT2D eigenvalue weighted by molar-refractivity contribution is 7.89. The van der Waals surface area contributed by atoms with E-state index in [4.69, 9.17) is 11.6 Å². The Morgan fingerprint density at radius 3 is 2.17 bits per heavy atom. The summed E-state index contributed by atoms with van der Waals surface area (Å²) in [5.74, 6) is -0.993. The van der Waals surface area contributed by atoms with Gasteiger partial charge in [-0.1, -0.05) is 48.0 Å². The highest BCUT2D eigenvalue weighted by Gasteiger charge is 2.29. The van der Waals surface area contributed by atoms with Crippen LogP contribution < -0.4 is 4.90 Å². The Hall–Kier alpha value is -2.74. The van der Waals surface area contributed by atoms with Gasteiger partial charge in [-0.2, -0.15) is 4.31 Å². The van der Waals surface area contributed by atoms with Gasteiger partial charge in [-0.3, -0.25) is 4.79 Å². The zero-order valence-corrected chi connectivity index (χ0v) is 17.8. The van der Waals surface area contributed by atoms with Crippen LogP contribution in [-0.2, 0) is 21.4 Å². The first-order valence-electron chi connectivity index (χ1n) is 9.10. The lowest BCUT2D eigenvalue weighted by Crippen LogP contribution is -2.41. The number of hydrogen-bond acceptors (Lipinski definition) is 3. The molecule has 0 saturated heterocycles. The fraction of sp³-hybridized carbons (Fsp3) is 0.136. The third-order valence-electron chi connectivity index (χ3n) is 4.59. The summed E-state index contributed by atoms with van der Waals surface area (Å²) < 4.78 is 41.7. The van der Waals surface area contributed by atoms with Crippen LogP contribution in [0.25, 0.3) is 0 Å². The number of amides is 1. The predicted octanol–water partition coefficient (Wildman–Crippen LogP) is 4.33. The van der Waals surface area contributed by atoms with Crippen LogP contribution in [0.15, 0.2) is 83.8 Å². The molecule has 3 aromatic rings. The predicted molar refractivity (Wildman–Crippen MR) is 115 cm³/mol. The van der Waals surface area contributed by atoms with Crippen LogP contribution in [0.2, 0.25) is 5.02 Å². The quantitative estimate of drug-likeness (QED) is 0.542. The van der Waals surface area contributed by atoms with Gasteiger partial charge in [-0.15, -0.1) is 0 Å². The number of halogens is 2. The lowest BCUT2D eigenvalue weighted by molar-refractivity contribution is -0.118. The molecule has 3 rings (SSSR count). The minimum Gasteiger partial charge on any atom is -0.314 e. The Bertz CT molecular complexity index is 1120. The molecule has 0 spiro atoms. The number of anilines is 1. The monoisotopic (exact) mass is 446 g/mol. The van der Waals surface area contributed by atoms with Crippen LogP contribution in [-0.4, -0.2) is 32.2 Å². The number of benzene rings is 3. The van der Waals surface area contributed by atoms with Gasteiger partial charge in [-0.25, -0.2) is 12.8 Å². The normalized spacial score (nSPS) is 11.5. The molecule has 0 atom stereocenters. The molecule has 5 nitrogen and oxygen atoms in total. The van der Waals surface area contributed by atoms with Gasteiger partial charge in [0.2, 0.25) is 15.9 Å². The van der Waals surface area contributed by atoms with Gasteiger partial charge >= 0.3 is 0 Å². The Kier molecular flexibility index (Phi) is 6.87. The molecule has 0 saturated carbocycles. The van der Waals surface area contributed by atoms with Gasteiger partial charge in [0.1, 0.15) is 5.82 Å². The zero-order chi connectivity index (χ0) is 21.7. The first-order valence-corrected chi connectivity index (χ1v) is 10.9. The minimum atomic E-state index is -4.08. The number of sulfonamides is 1. The molecule has 0 heterocycles. The maximum atomic E-state index is 14.2. The summed E-state index contributed by atoms with van der Waals surface area (Å²) in [4.78, 5) is 14.2. The van der Waals surface area contributed by atoms with Gasteiger partial charge in [0.15, 0.2) is 0 Å². The Morgan fingerprint density at radius 1 is 0.933 bits per heavy atom. The number of rotatable bonds is 7. The van der Waals surface area contributed by atoms with E-state index in [1.807, 2.05) is 6.07 Å². The lowest BCUT2D eigenvalue weighted by Gasteiger charge is -2.25. The second-order valence-corrected chi connectivity index (χ2v) is 8.98. The summed E-state index contributed by atoms with van der Waals surface area (Å²) in [6, 6.07) is 20.4. The fourth-order valence-electron chi connectivity index (χ4n) is 2.85. The zero-order valence-electron chi connectivity index (χ0n) is 16.2. The molecule has 0 aliphatic carbocycles. The van der Waals surface area contributed by atoms with Crippen LogP contribution in [0, 0.1) is 5.82 Å². The molecule has 0 aliphatic heterocycles. The molecule has 156 valence electrons. The number of likely N-dealkylation sites (N-methyl/N-ethyl adjacent to an activating group) is 1. The van der Waals surface area contributed by atoms with Gasteiger partial charge < -0.3 is 4.90 Å². The van der Waals surface area contributed by atoms with Crippen molar-refractivity contribution in [2.45, 2.75) is 11.4 Å². The summed E-state index contributed by atoms with van der Waals surface area (Å²) in [6.07, 6.45) is 0. The molecular weight excluding hydrogens is 427 g/mol. The maximum Gasteiger partial charge on any atom is 0.243 e. The summed E-state index contributed by atoms with van der Waals surface area (Å²) in [6.45, 7) is -0.739. The van der Waals surface area contributed by atoms with Gasteiger partial charge in [0.05, 0.1) is 11.4 Å². The van der Waals surface area contributed by atoms with Crippen molar-refractivity contribution in [2.75, 3.05) is 18.5 Å². The largest absolute Gasteiger partial charge is 0.314 e. The molecule has 0 aromatic heterocycles. The highest BCUT2D eigenvalue weighted by atomic mass is 35.5. The Labute approximate surface area is 180 Å². The average molecular weight is 447 g/mol. The summed E-state index contributed by atoms with van der Waals surface area (Å²) in [5, 5.41) is 0.384. The molecule has 1 amide bonds. The molecule has 3 aromatic carbocycles. The van der Waals surface area contributed by atoms with Gasteiger partial charge in [0, 0.05) is 29.9 Å². The van der Waals surface area contributed by atoms with E-state index in [1.54, 1.807) is 37.4 Å². The van der Waals surface area contributed by atoms with Crippen molar-refractivity contribution in [3.8, 4) is 0 Å². The van der Waals surface area contributed by atoms with Crippen molar-refractivity contribution < 1.29 is 17.6 Å². The Morgan fingerprint density at radius 2 is 1.53 bits per heavy atom. The van der Waals surface area contributed by atoms with Crippen LogP contribution >= 0.6 is 11.6 Å². The van der Waals surface area contributed by atoms with Crippen molar-refractivity contribution in [2.24, 2.45) is 0 Å². The number of para-hydroxylation sites is 1. The molecule has 0 N–H and O–H groups in total. The molecule has 0 aliphatic rings. The van der Waals surface area contributed by atoms with Crippen LogP contribution in [0.3, 0.4) is 0 Å². The number of carbonyl (C=O) groups is 1. The average Bonchev–Trinajstić information content (AvgIpc) is 2.75. The number of carbonyl (C=O) groups excluding carboxylic acids is 1. The van der Waals surface area contributed by atoms with E-state index in [0.717, 1.165) is 4.31 Å². The summed E-state index contributed by atoms with van der Waals surface area (Å²) in [5.41, 5.74) is 0.794. The molecule has 0 radical (unpaired) electrons. The fourth-order valence-corrected chi connectivity index (χ4v) is 4.34. The molecular formula is C22H20ClFN2O3S. The van der Waals surface area contributed by atoms with E-state index in [-0.39, 0.29) is 17.0 Å². The first kappa shape index (κ1) is 22.0. The topological polar surface area (TPSA) is 57.7 Å². The minimum absolute atomic E-state index is 0.0293. The van der Waals surface area contributed by atoms with Crippen LogP contribution in [0.1, 0.15) is 5.56 Å². The van der Waals surface area contributed by atoms with Crippen molar-refractivity contribution >= 4 is 33.2 Å². The lowest BCUT2D eigenvalue weighted by atomic mass is 10.2. The van der Waals surface area contributed by atoms with E-state index in [1.165, 1.54) is 47.4 Å². The third-order valence-corrected chi connectivity index (χ3v) is 6.64. The summed E-state index contributed by atoms with van der Waals surface area (Å²) >= 11 is 5.87. The number of nitrogens with zero attached hydrogens (tertiary/aromatic N) is 2. The second kappa shape index (κ2) is 9.38. The Balaban J connectivity index is 1.94. The van der Waals surface area contributed by atoms with E-state index >= 15 is 0 Å². The molecule has 30 heavy (non-hydrogen) atoms. The molecule has 0 fully saturated rings. The molecule has 8 heteroatoms. The standard InChI is InChI=1S/C22H20ClFN2O3S/c1-25(19-8-3-2-4-9-19)22(27)16-26(15-17-7-5-6-10-21(17)24)30(28,29)20-13-11-18(23)12-14-20/h2-14H,15-16H2,1H3. The molecule has 0 unspecified atom stereocenters. The van der Waals surface area contributed by atoms with E-state index < -0.39 is 28.3 Å². The van der Waals surface area contributed by atoms with Crippen molar-refractivity contribution in [1.82, 2.24) is 4.31 Å². The molecule has 0 bridgehead atoms. The number of hydrogen-bond donors (Lipinski definition) is 0. The SMILES string of the molecule is CN(C(=O)CN(Cc1ccccc1F)S(=O)(=O)c1ccc(Cl)cc1)c1ccccc1. The second-order valence-electron chi connectivity index (χ2n) is 6.61. The van der Waals surface area contributed by atoms with Crippen LogP contribution in [0.5, 0.6) is 0 Å². The van der Waals surface area contributed by atoms with Crippen molar-refractivity contribution in [3.05, 3.63) is 95.3 Å². The van der Waals surface area contributed by atoms with Gasteiger partial charge in [0.25, 0.3) is 0 Å². The maximum absolute atomic E-state index is 14.2. The smallest absolute Gasteiger partial charge is 0.243 e. The first-order chi connectivity index (χ1) is 14.3. The third kappa shape index (κ3) is 5.05. The van der Waals surface area contributed by atoms with Crippen molar-refractivity contribution in [3.63, 3.8) is 0 Å². The van der Waals surface area contributed by atoms with E-state index in [2.05, 4.69) is 0 Å². The summed E-state index contributed by atoms with van der Waals surface area (Å²) in [7, 11) is -2.52.